The maximum atomic E-state index is 10.9. The molecule has 2 aromatic carbocycles. The van der Waals surface area contributed by atoms with E-state index in [-0.39, 0.29) is 11.8 Å². The fourth-order valence-electron chi connectivity index (χ4n) is 1.45. The van der Waals surface area contributed by atoms with Gasteiger partial charge in [-0.3, -0.25) is 9.59 Å². The van der Waals surface area contributed by atoms with E-state index < -0.39 is 0 Å². The van der Waals surface area contributed by atoms with Crippen LogP contribution in [0, 0.1) is 12.1 Å². The SMILES string of the molecule is C=CC(=O)Cc1cc[c-]cc1.CC(=O)Oc1cc[c-]cc1Cl.[O]=[Co]. The predicted octanol–water partition coefficient (Wildman–Crippen LogP) is 3.73. The van der Waals surface area contributed by atoms with Gasteiger partial charge in [0.1, 0.15) is 0 Å². The van der Waals surface area contributed by atoms with E-state index in [2.05, 4.69) is 34.4 Å². The zero-order valence-corrected chi connectivity index (χ0v) is 14.7. The fraction of sp³-hybridized carbons (Fsp3) is 0.111. The molecule has 0 N–H and O–H groups in total. The normalized spacial score (nSPS) is 8.62. The van der Waals surface area contributed by atoms with Gasteiger partial charge in [0.05, 0.1) is 0 Å². The number of carbonyl (C=O) groups is 2. The Kier molecular flexibility index (Phi) is 12.2. The number of ether oxygens (including phenoxy) is 1. The van der Waals surface area contributed by atoms with Crippen molar-refractivity contribution in [3.05, 3.63) is 77.8 Å². The van der Waals surface area contributed by atoms with Crippen LogP contribution < -0.4 is 4.74 Å². The Bertz CT molecular complexity index is 659. The first-order valence-corrected chi connectivity index (χ1v) is 7.41. The third kappa shape index (κ3) is 9.84. The molecular formula is C18H15ClCoO4-2. The first-order chi connectivity index (χ1) is 11.5. The molecule has 0 aromatic heterocycles. The van der Waals surface area contributed by atoms with Gasteiger partial charge in [0, 0.05) is 19.1 Å². The topological polar surface area (TPSA) is 60.4 Å². The third-order valence-corrected chi connectivity index (χ3v) is 2.72. The molecule has 0 saturated carbocycles. The Hall–Kier alpha value is -2.08. The van der Waals surface area contributed by atoms with Crippen molar-refractivity contribution in [1.29, 1.82) is 0 Å². The number of hydrogen-bond acceptors (Lipinski definition) is 4. The summed E-state index contributed by atoms with van der Waals surface area (Å²) in [6, 6.07) is 17.7. The Morgan fingerprint density at radius 1 is 1.21 bits per heavy atom. The summed E-state index contributed by atoms with van der Waals surface area (Å²) < 4.78 is 12.7. The third-order valence-electron chi connectivity index (χ3n) is 2.42. The van der Waals surface area contributed by atoms with Crippen molar-refractivity contribution in [1.82, 2.24) is 0 Å². The van der Waals surface area contributed by atoms with Gasteiger partial charge in [-0.2, -0.15) is 65.7 Å². The molecule has 2 rings (SSSR count). The molecule has 129 valence electrons. The van der Waals surface area contributed by atoms with Crippen molar-refractivity contribution in [3.63, 3.8) is 0 Å². The predicted molar refractivity (Wildman–Crippen MR) is 86.5 cm³/mol. The first kappa shape index (κ1) is 21.9. The van der Waals surface area contributed by atoms with Crippen molar-refractivity contribution in [3.8, 4) is 5.75 Å². The van der Waals surface area contributed by atoms with E-state index in [1.54, 1.807) is 30.3 Å². The van der Waals surface area contributed by atoms with Gasteiger partial charge in [-0.25, -0.2) is 0 Å². The molecule has 2 aromatic rings. The van der Waals surface area contributed by atoms with Crippen LogP contribution in [0.15, 0.2) is 55.1 Å². The molecule has 0 atom stereocenters. The summed E-state index contributed by atoms with van der Waals surface area (Å²) in [6.07, 6.45) is 1.79. The Morgan fingerprint density at radius 2 is 1.79 bits per heavy atom. The van der Waals surface area contributed by atoms with Gasteiger partial charge in [0.25, 0.3) is 0 Å². The Labute approximate surface area is 154 Å². The molecule has 4 nitrogen and oxygen atoms in total. The van der Waals surface area contributed by atoms with Crippen LogP contribution in [0.2, 0.25) is 5.02 Å². The standard InChI is InChI=1S/C10H9O.C8H6ClO2.Co.O/c1-2-10(11)8-9-6-4-3-5-7-9;1-6(10)11-8-5-3-2-4-7(8)9;;/h2,4-7H,1,8H2;3-5H,1H3;;/q2*-1;;. The van der Waals surface area contributed by atoms with E-state index in [4.69, 9.17) is 20.2 Å². The van der Waals surface area contributed by atoms with Crippen LogP contribution in [0.3, 0.4) is 0 Å². The molecular weight excluding hydrogens is 375 g/mol. The zero-order chi connectivity index (χ0) is 18.4. The molecule has 0 bridgehead atoms. The molecule has 0 unspecified atom stereocenters. The molecule has 0 radical (unpaired) electrons. The van der Waals surface area contributed by atoms with E-state index in [0.29, 0.717) is 17.2 Å². The molecule has 0 aliphatic carbocycles. The second-order valence-electron chi connectivity index (χ2n) is 4.21. The van der Waals surface area contributed by atoms with Gasteiger partial charge in [-0.1, -0.05) is 6.58 Å². The molecule has 0 saturated heterocycles. The van der Waals surface area contributed by atoms with Gasteiger partial charge in [-0.05, 0) is 11.1 Å². The molecule has 0 aliphatic rings. The van der Waals surface area contributed by atoms with Crippen LogP contribution in [0.1, 0.15) is 12.5 Å². The molecule has 0 amide bonds. The second-order valence-corrected chi connectivity index (χ2v) is 4.61. The maximum absolute atomic E-state index is 10.9. The summed E-state index contributed by atoms with van der Waals surface area (Å²) in [7, 11) is 0. The molecule has 6 heteroatoms. The van der Waals surface area contributed by atoms with E-state index >= 15 is 0 Å². The van der Waals surface area contributed by atoms with Crippen LogP contribution in [0.4, 0.5) is 0 Å². The Balaban J connectivity index is 0.000000400. The molecule has 0 aliphatic heterocycles. The van der Waals surface area contributed by atoms with Crippen molar-refractivity contribution in [2.45, 2.75) is 13.3 Å². The minimum atomic E-state index is -0.377. The molecule has 24 heavy (non-hydrogen) atoms. The first-order valence-electron chi connectivity index (χ1n) is 6.60. The molecule has 0 heterocycles. The molecule has 0 spiro atoms. The number of ketones is 1. The van der Waals surface area contributed by atoms with Gasteiger partial charge in [-0.15, -0.1) is 6.07 Å². The summed E-state index contributed by atoms with van der Waals surface area (Å²) in [5, 5.41) is 0.391. The van der Waals surface area contributed by atoms with Gasteiger partial charge in [0.2, 0.25) is 0 Å². The van der Waals surface area contributed by atoms with Crippen LogP contribution >= 0.6 is 11.6 Å². The number of carbonyl (C=O) groups excluding carboxylic acids is 2. The fourth-order valence-corrected chi connectivity index (χ4v) is 1.61. The van der Waals surface area contributed by atoms with Crippen molar-refractivity contribution < 1.29 is 33.9 Å². The average molecular weight is 390 g/mol. The van der Waals surface area contributed by atoms with Crippen LogP contribution in [-0.2, 0) is 35.5 Å². The van der Waals surface area contributed by atoms with E-state index in [1.165, 1.54) is 13.0 Å². The minimum absolute atomic E-state index is 0.0520. The number of benzene rings is 2. The number of esters is 1. The average Bonchev–Trinajstić information content (AvgIpc) is 2.60. The summed E-state index contributed by atoms with van der Waals surface area (Å²) in [4.78, 5) is 21.3. The quantitative estimate of drug-likeness (QED) is 0.346. The molecule has 0 fully saturated rings. The van der Waals surface area contributed by atoms with E-state index in [9.17, 15) is 9.59 Å². The van der Waals surface area contributed by atoms with Crippen molar-refractivity contribution in [2.24, 2.45) is 0 Å². The van der Waals surface area contributed by atoms with Gasteiger partial charge >= 0.3 is 25.5 Å². The number of halogens is 1. The Morgan fingerprint density at radius 3 is 2.29 bits per heavy atom. The van der Waals surface area contributed by atoms with Gasteiger partial charge in [0.15, 0.2) is 5.78 Å². The summed E-state index contributed by atoms with van der Waals surface area (Å²) in [5.41, 5.74) is 1.01. The second kappa shape index (κ2) is 13.4. The number of allylic oxidation sites excluding steroid dienone is 1. The summed E-state index contributed by atoms with van der Waals surface area (Å²) >= 11 is 7.97. The number of hydrogen-bond donors (Lipinski definition) is 0. The summed E-state index contributed by atoms with van der Waals surface area (Å²) in [6.45, 7) is 4.73. The number of rotatable bonds is 4. The van der Waals surface area contributed by atoms with Gasteiger partial charge < -0.3 is 4.74 Å². The summed E-state index contributed by atoms with van der Waals surface area (Å²) in [5.74, 6) is 0.0483. The van der Waals surface area contributed by atoms with E-state index in [1.807, 2.05) is 12.1 Å². The van der Waals surface area contributed by atoms with Crippen molar-refractivity contribution >= 4 is 23.4 Å². The van der Waals surface area contributed by atoms with Crippen LogP contribution in [0.5, 0.6) is 5.75 Å². The zero-order valence-electron chi connectivity index (χ0n) is 12.9. The monoisotopic (exact) mass is 389 g/mol. The van der Waals surface area contributed by atoms with E-state index in [0.717, 1.165) is 5.56 Å². The van der Waals surface area contributed by atoms with Crippen LogP contribution in [0.25, 0.3) is 0 Å². The van der Waals surface area contributed by atoms with Crippen LogP contribution in [-0.4, -0.2) is 11.8 Å². The van der Waals surface area contributed by atoms with Crippen molar-refractivity contribution in [2.75, 3.05) is 0 Å².